The van der Waals surface area contributed by atoms with Crippen LogP contribution in [0.4, 0.5) is 5.13 Å². The van der Waals surface area contributed by atoms with Gasteiger partial charge in [0, 0.05) is 42.2 Å². The van der Waals surface area contributed by atoms with E-state index >= 15 is 0 Å². The van der Waals surface area contributed by atoms with Crippen molar-refractivity contribution in [1.82, 2.24) is 30.3 Å². The topological polar surface area (TPSA) is 326 Å². The molecule has 0 saturated carbocycles. The Kier molecular flexibility index (Phi) is 11.9. The Morgan fingerprint density at radius 3 is 2.43 bits per heavy atom. The number of rotatable bonds is 16. The zero-order chi connectivity index (χ0) is 42.1. The summed E-state index contributed by atoms with van der Waals surface area (Å²) in [6.45, 7) is 3.96. The van der Waals surface area contributed by atoms with Crippen molar-refractivity contribution in [3.05, 3.63) is 50.4 Å². The molecule has 5 heterocycles. The minimum absolute atomic E-state index is 0.00182. The summed E-state index contributed by atoms with van der Waals surface area (Å²) in [5.41, 5.74) is 4.30. The number of phenols is 2. The van der Waals surface area contributed by atoms with Gasteiger partial charge < -0.3 is 51.2 Å². The second-order valence-electron chi connectivity index (χ2n) is 13.6. The van der Waals surface area contributed by atoms with Crippen molar-refractivity contribution in [2.75, 3.05) is 44.2 Å². The lowest BCUT2D eigenvalue weighted by Gasteiger charge is -2.50. The number of carboxylic acid groups (broad SMARTS) is 3. The van der Waals surface area contributed by atoms with Gasteiger partial charge in [0.2, 0.25) is 11.5 Å². The Morgan fingerprint density at radius 2 is 1.81 bits per heavy atom. The molecule has 58 heavy (non-hydrogen) atoms. The number of nitrogens with two attached hydrogens (primary N) is 1. The lowest BCUT2D eigenvalue weighted by molar-refractivity contribution is -0.911. The van der Waals surface area contributed by atoms with Crippen molar-refractivity contribution in [1.29, 1.82) is 0 Å². The van der Waals surface area contributed by atoms with Crippen LogP contribution in [0.3, 0.4) is 0 Å². The van der Waals surface area contributed by atoms with Gasteiger partial charge in [-0.1, -0.05) is 5.16 Å². The first-order valence-electron chi connectivity index (χ1n) is 17.7. The summed E-state index contributed by atoms with van der Waals surface area (Å²) in [6.07, 6.45) is -1.30. The number of aromatic nitrogens is 3. The van der Waals surface area contributed by atoms with E-state index in [-0.39, 0.29) is 52.8 Å². The van der Waals surface area contributed by atoms with Crippen LogP contribution in [0.5, 0.6) is 11.5 Å². The lowest BCUT2D eigenvalue weighted by atomic mass is 10.0. The summed E-state index contributed by atoms with van der Waals surface area (Å²) in [6, 6.07) is 1.04. The highest BCUT2D eigenvalue weighted by Gasteiger charge is 2.55. The zero-order valence-corrected chi connectivity index (χ0v) is 32.2. The Morgan fingerprint density at radius 1 is 1.10 bits per heavy atom. The first-order chi connectivity index (χ1) is 27.5. The molecule has 0 bridgehead atoms. The van der Waals surface area contributed by atoms with Gasteiger partial charge in [-0.2, -0.15) is 5.10 Å². The van der Waals surface area contributed by atoms with Crippen LogP contribution in [0, 0.1) is 0 Å². The second kappa shape index (κ2) is 16.7. The molecule has 3 atom stereocenters. The number of carbonyl (C=O) groups is 6. The molecule has 0 aliphatic carbocycles. The van der Waals surface area contributed by atoms with Crippen LogP contribution in [-0.2, 0) is 35.4 Å². The highest BCUT2D eigenvalue weighted by molar-refractivity contribution is 8.00. The van der Waals surface area contributed by atoms with E-state index in [1.807, 2.05) is 0 Å². The average Bonchev–Trinajstić information content (AvgIpc) is 3.82. The van der Waals surface area contributed by atoms with Crippen molar-refractivity contribution >= 4 is 80.5 Å². The summed E-state index contributed by atoms with van der Waals surface area (Å²) >= 11 is 2.13. The largest absolute Gasteiger partial charge is 0.504 e. The van der Waals surface area contributed by atoms with Crippen LogP contribution >= 0.6 is 23.1 Å². The Balaban J connectivity index is 1.16. The molecule has 2 saturated heterocycles. The van der Waals surface area contributed by atoms with Crippen LogP contribution in [0.25, 0.3) is 10.9 Å². The number of phenolic OH excluding ortho intramolecular Hbond substituents is 2. The number of carbonyl (C=O) groups excluding carboxylic acids is 3. The molecule has 24 heteroatoms. The van der Waals surface area contributed by atoms with Gasteiger partial charge in [-0.3, -0.25) is 33.6 Å². The third kappa shape index (κ3) is 8.24. The third-order valence-electron chi connectivity index (χ3n) is 9.90. The molecule has 3 aliphatic heterocycles. The van der Waals surface area contributed by atoms with Crippen LogP contribution < -0.4 is 21.8 Å². The van der Waals surface area contributed by atoms with E-state index in [4.69, 9.17) is 15.7 Å². The van der Waals surface area contributed by atoms with E-state index in [1.54, 1.807) is 6.92 Å². The number of aryl methyl sites for hydroxylation is 1. The zero-order valence-electron chi connectivity index (χ0n) is 30.6. The maximum absolute atomic E-state index is 13.6. The number of nitrogens with one attached hydrogen (secondary N) is 2. The Hall–Kier alpha value is -6.27. The minimum Gasteiger partial charge on any atom is -0.504 e. The maximum atomic E-state index is 13.6. The third-order valence-corrected chi connectivity index (χ3v) is 11.9. The molecule has 22 nitrogen and oxygen atoms in total. The van der Waals surface area contributed by atoms with Crippen LogP contribution in [0.15, 0.2) is 38.7 Å². The van der Waals surface area contributed by atoms with E-state index in [2.05, 4.69) is 25.9 Å². The number of quaternary nitrogens is 1. The van der Waals surface area contributed by atoms with Gasteiger partial charge in [0.15, 0.2) is 28.0 Å². The van der Waals surface area contributed by atoms with Crippen LogP contribution in [0.1, 0.15) is 42.4 Å². The van der Waals surface area contributed by atoms with E-state index < -0.39 is 87.9 Å². The predicted molar refractivity (Wildman–Crippen MR) is 204 cm³/mol. The number of nitrogens with zero attached hydrogens (tertiary/aromatic N) is 6. The van der Waals surface area contributed by atoms with Crippen LogP contribution in [-0.4, -0.2) is 147 Å². The second-order valence-corrected chi connectivity index (χ2v) is 15.6. The molecule has 3 aliphatic rings. The fourth-order valence-electron chi connectivity index (χ4n) is 7.12. The molecule has 1 aromatic carbocycles. The number of likely N-dealkylation sites (tertiary alicyclic amines) is 1. The lowest BCUT2D eigenvalue weighted by Crippen LogP contribution is -2.71. The molecule has 3 aromatic rings. The SMILES string of the molecule is CCn1nc(C(=O)NCC[N+]2(CC3=C(C(=O)O)N4C(=O)[C@@H](NC(=O)C(=NO[C@@H](CC(=O)O)C(=O)O)c5csc(N)n5)[C@H]4SC3)CCCC2)c(=O)c2cc(O)c(O)cc21. The number of β-lactam (4-membered cyclic amide) rings is 1. The predicted octanol–water partition coefficient (Wildman–Crippen LogP) is -0.706. The number of oxime groups is 1. The highest BCUT2D eigenvalue weighted by atomic mass is 32.2. The highest BCUT2D eigenvalue weighted by Crippen LogP contribution is 2.41. The van der Waals surface area contributed by atoms with Crippen molar-refractivity contribution in [2.45, 2.75) is 50.3 Å². The number of aromatic hydroxyl groups is 2. The van der Waals surface area contributed by atoms with Gasteiger partial charge in [-0.25, -0.2) is 14.6 Å². The molecule has 6 rings (SSSR count). The molecule has 2 aromatic heterocycles. The fraction of sp³-hybridized carbons (Fsp3) is 0.412. The number of anilines is 1. The number of carboxylic acids is 3. The van der Waals surface area contributed by atoms with E-state index in [9.17, 15) is 54.0 Å². The Bertz CT molecular complexity index is 2340. The van der Waals surface area contributed by atoms with Crippen molar-refractivity contribution in [2.24, 2.45) is 5.16 Å². The van der Waals surface area contributed by atoms with Gasteiger partial charge >= 0.3 is 17.9 Å². The molecule has 0 spiro atoms. The molecule has 308 valence electrons. The summed E-state index contributed by atoms with van der Waals surface area (Å²) in [5.74, 6) is -7.84. The van der Waals surface area contributed by atoms with Crippen molar-refractivity contribution in [3.63, 3.8) is 0 Å². The number of aliphatic carboxylic acids is 3. The smallest absolute Gasteiger partial charge is 0.352 e. The standard InChI is InChI=1S/C34H37N9O13S2/c1-2-41-18-10-20(45)19(44)9-16(18)27(48)24(39-41)28(49)36-5-8-43(6-3-4-7-43)12-15-13-57-31-25(30(51)42(31)26(15)33(54)55)38-29(50)23(17-14-58-34(35)37-17)40-56-21(32(52)53)11-22(46)47/h9-10,14,21,25,31H,2-8,11-13H2,1H3,(H8-,35,36,37,38,39,40,44,45,46,47,48,49,50,52,53,54,55)/p+1/t21-,25+,31+/m0/s1. The number of nitrogen functional groups attached to an aromatic ring is 1. The molecular formula is C34H38N9O13S2+. The summed E-state index contributed by atoms with van der Waals surface area (Å²) in [4.78, 5) is 98.8. The fourth-order valence-corrected chi connectivity index (χ4v) is 9.00. The number of thiazole rings is 1. The monoisotopic (exact) mass is 844 g/mol. The maximum Gasteiger partial charge on any atom is 0.352 e. The Labute approximate surface area is 335 Å². The molecular weight excluding hydrogens is 807 g/mol. The molecule has 0 unspecified atom stereocenters. The number of hydrogen-bond donors (Lipinski definition) is 8. The van der Waals surface area contributed by atoms with Gasteiger partial charge in [-0.15, -0.1) is 23.1 Å². The molecule has 9 N–H and O–H groups in total. The molecule has 2 fully saturated rings. The first-order valence-corrected chi connectivity index (χ1v) is 19.7. The number of thioether (sulfide) groups is 1. The van der Waals surface area contributed by atoms with E-state index in [0.717, 1.165) is 35.1 Å². The average molecular weight is 845 g/mol. The molecule has 0 radical (unpaired) electrons. The summed E-state index contributed by atoms with van der Waals surface area (Å²) in [7, 11) is 0. The summed E-state index contributed by atoms with van der Waals surface area (Å²) < 4.78 is 1.74. The number of benzene rings is 1. The first kappa shape index (κ1) is 41.4. The molecule has 3 amide bonds. The van der Waals surface area contributed by atoms with Gasteiger partial charge in [-0.05, 0) is 13.0 Å². The normalized spacial score (nSPS) is 19.3. The van der Waals surface area contributed by atoms with Gasteiger partial charge in [0.1, 0.15) is 29.4 Å². The van der Waals surface area contributed by atoms with Crippen LogP contribution in [0.2, 0.25) is 0 Å². The van der Waals surface area contributed by atoms with Crippen molar-refractivity contribution in [3.8, 4) is 11.5 Å². The summed E-state index contributed by atoms with van der Waals surface area (Å²) in [5, 5.41) is 62.1. The number of hydrogen-bond acceptors (Lipinski definition) is 16. The van der Waals surface area contributed by atoms with E-state index in [0.29, 0.717) is 29.7 Å². The minimum atomic E-state index is -1.96. The van der Waals surface area contributed by atoms with Crippen molar-refractivity contribution < 1.29 is 63.6 Å². The quantitative estimate of drug-likeness (QED) is 0.0290. The number of fused-ring (bicyclic) bond motifs is 2. The van der Waals surface area contributed by atoms with Gasteiger partial charge in [0.05, 0.1) is 43.5 Å². The van der Waals surface area contributed by atoms with Gasteiger partial charge in [0.25, 0.3) is 17.7 Å². The van der Waals surface area contributed by atoms with E-state index in [1.165, 1.54) is 27.9 Å². The number of amides is 3.